The zero-order valence-corrected chi connectivity index (χ0v) is 21.7. The van der Waals surface area contributed by atoms with Crippen molar-refractivity contribution in [1.29, 1.82) is 0 Å². The van der Waals surface area contributed by atoms with Gasteiger partial charge in [-0.1, -0.05) is 66.2 Å². The second-order valence-electron chi connectivity index (χ2n) is 9.86. The topological polar surface area (TPSA) is 113 Å². The van der Waals surface area contributed by atoms with Crippen LogP contribution in [0.25, 0.3) is 0 Å². The molecule has 4 N–H and O–H groups in total. The number of aliphatic hydroxyl groups is 4. The number of unbranched alkanes of at least 4 members (excludes halogenated alkanes) is 4. The maximum atomic E-state index is 12.3. The predicted molar refractivity (Wildman–Crippen MR) is 132 cm³/mol. The van der Waals surface area contributed by atoms with Gasteiger partial charge in [-0.25, -0.2) is 0 Å². The molecule has 2 rings (SSSR count). The molecule has 0 aliphatic heterocycles. The first-order chi connectivity index (χ1) is 16.3. The van der Waals surface area contributed by atoms with Crippen LogP contribution in [0.1, 0.15) is 104 Å². The summed E-state index contributed by atoms with van der Waals surface area (Å²) in [6, 6.07) is 3.36. The summed E-state index contributed by atoms with van der Waals surface area (Å²) in [5.74, 6) is -0.746. The minimum Gasteiger partial charge on any atom is -0.469 e. The summed E-state index contributed by atoms with van der Waals surface area (Å²) in [6.07, 6.45) is 6.21. The first kappa shape index (κ1) is 29.3. The summed E-state index contributed by atoms with van der Waals surface area (Å²) in [5, 5.41) is 47.7. The standard InChI is InChI=1S/C27H48O7/c1-5-9-15-22(28)26(30)24(21-14-13-19-33-21)27(31,25(26,29)16-10-6-2)23(34-18-12-8-4)20-32-17-11-7-3/h13-14,19,22-24,28-31H,5-12,15-18,20H2,1-4H3/t22?,23-,24?,25-,26-,27+/m1/s1. The molecule has 0 bridgehead atoms. The zero-order valence-electron chi connectivity index (χ0n) is 21.7. The number of hydrogen-bond donors (Lipinski definition) is 4. The van der Waals surface area contributed by atoms with E-state index in [4.69, 9.17) is 13.9 Å². The van der Waals surface area contributed by atoms with Gasteiger partial charge in [-0.2, -0.15) is 0 Å². The first-order valence-electron chi connectivity index (χ1n) is 13.4. The molecule has 0 aromatic carbocycles. The molecule has 198 valence electrons. The van der Waals surface area contributed by atoms with Gasteiger partial charge in [0.2, 0.25) is 0 Å². The van der Waals surface area contributed by atoms with E-state index in [-0.39, 0.29) is 13.0 Å². The molecule has 34 heavy (non-hydrogen) atoms. The molecule has 1 saturated carbocycles. The average molecular weight is 485 g/mol. The lowest BCUT2D eigenvalue weighted by Gasteiger charge is -2.70. The lowest BCUT2D eigenvalue weighted by Crippen LogP contribution is -2.90. The molecule has 0 spiro atoms. The summed E-state index contributed by atoms with van der Waals surface area (Å²) >= 11 is 0. The van der Waals surface area contributed by atoms with Gasteiger partial charge in [0.25, 0.3) is 0 Å². The molecule has 7 heteroatoms. The lowest BCUT2D eigenvalue weighted by atomic mass is 9.42. The molecule has 1 aromatic heterocycles. The van der Waals surface area contributed by atoms with Crippen LogP contribution in [0, 0.1) is 0 Å². The summed E-state index contributed by atoms with van der Waals surface area (Å²) < 4.78 is 17.7. The normalized spacial score (nSPS) is 30.8. The largest absolute Gasteiger partial charge is 0.469 e. The summed E-state index contributed by atoms with van der Waals surface area (Å²) in [4.78, 5) is 0. The van der Waals surface area contributed by atoms with Gasteiger partial charge in [-0.05, 0) is 37.8 Å². The first-order valence-corrected chi connectivity index (χ1v) is 13.4. The fourth-order valence-corrected chi connectivity index (χ4v) is 5.43. The third kappa shape index (κ3) is 5.40. The Kier molecular flexibility index (Phi) is 11.5. The van der Waals surface area contributed by atoms with E-state index in [2.05, 4.69) is 13.8 Å². The van der Waals surface area contributed by atoms with Gasteiger partial charge in [-0.3, -0.25) is 0 Å². The maximum absolute atomic E-state index is 12.3. The van der Waals surface area contributed by atoms with Gasteiger partial charge in [0.05, 0.1) is 24.9 Å². The van der Waals surface area contributed by atoms with Crippen LogP contribution in [0.3, 0.4) is 0 Å². The molecule has 1 aliphatic carbocycles. The Morgan fingerprint density at radius 3 is 2.15 bits per heavy atom. The van der Waals surface area contributed by atoms with Crippen molar-refractivity contribution in [3.63, 3.8) is 0 Å². The van der Waals surface area contributed by atoms with E-state index in [0.717, 1.165) is 38.5 Å². The number of furan rings is 1. The lowest BCUT2D eigenvalue weighted by molar-refractivity contribution is -0.404. The molecule has 1 aromatic rings. The highest BCUT2D eigenvalue weighted by Crippen LogP contribution is 2.65. The molecular formula is C27H48O7. The van der Waals surface area contributed by atoms with Crippen LogP contribution in [-0.4, -0.2) is 69.3 Å². The van der Waals surface area contributed by atoms with Crippen LogP contribution >= 0.6 is 0 Å². The van der Waals surface area contributed by atoms with Crippen molar-refractivity contribution >= 4 is 0 Å². The van der Waals surface area contributed by atoms with Crippen LogP contribution in [0.4, 0.5) is 0 Å². The van der Waals surface area contributed by atoms with Crippen LogP contribution in [0.5, 0.6) is 0 Å². The monoisotopic (exact) mass is 484 g/mol. The van der Waals surface area contributed by atoms with Crippen LogP contribution in [0.15, 0.2) is 22.8 Å². The van der Waals surface area contributed by atoms with Crippen molar-refractivity contribution in [2.24, 2.45) is 0 Å². The third-order valence-corrected chi connectivity index (χ3v) is 7.48. The Morgan fingerprint density at radius 1 is 0.912 bits per heavy atom. The molecular weight excluding hydrogens is 436 g/mol. The fourth-order valence-electron chi connectivity index (χ4n) is 5.43. The van der Waals surface area contributed by atoms with Gasteiger partial charge < -0.3 is 34.3 Å². The van der Waals surface area contributed by atoms with Crippen LogP contribution < -0.4 is 0 Å². The van der Waals surface area contributed by atoms with Gasteiger partial charge in [-0.15, -0.1) is 0 Å². The highest BCUT2D eigenvalue weighted by Gasteiger charge is 2.84. The highest BCUT2D eigenvalue weighted by atomic mass is 16.5. The molecule has 1 heterocycles. The van der Waals surface area contributed by atoms with Crippen molar-refractivity contribution in [1.82, 2.24) is 0 Å². The number of ether oxygens (including phenoxy) is 2. The van der Waals surface area contributed by atoms with E-state index in [0.29, 0.717) is 38.2 Å². The molecule has 6 atom stereocenters. The number of rotatable bonds is 18. The Labute approximate surface area is 205 Å². The van der Waals surface area contributed by atoms with Crippen molar-refractivity contribution < 1.29 is 34.3 Å². The Morgan fingerprint density at radius 2 is 1.56 bits per heavy atom. The van der Waals surface area contributed by atoms with Crippen LogP contribution in [-0.2, 0) is 9.47 Å². The van der Waals surface area contributed by atoms with Gasteiger partial charge in [0.15, 0.2) is 0 Å². The van der Waals surface area contributed by atoms with E-state index in [1.165, 1.54) is 6.26 Å². The molecule has 2 unspecified atom stereocenters. The van der Waals surface area contributed by atoms with E-state index >= 15 is 0 Å². The summed E-state index contributed by atoms with van der Waals surface area (Å²) in [5.41, 5.74) is -5.88. The average Bonchev–Trinajstić information content (AvgIpc) is 3.35. The molecule has 1 fully saturated rings. The third-order valence-electron chi connectivity index (χ3n) is 7.48. The van der Waals surface area contributed by atoms with Gasteiger partial charge >= 0.3 is 0 Å². The second-order valence-corrected chi connectivity index (χ2v) is 9.86. The smallest absolute Gasteiger partial charge is 0.137 e. The number of aliphatic hydroxyl groups excluding tert-OH is 1. The molecule has 0 saturated heterocycles. The Balaban J connectivity index is 2.53. The minimum atomic E-state index is -1.99. The highest BCUT2D eigenvalue weighted by molar-refractivity contribution is 5.41. The quantitative estimate of drug-likeness (QED) is 0.230. The van der Waals surface area contributed by atoms with Crippen molar-refractivity contribution in [2.45, 2.75) is 127 Å². The zero-order chi connectivity index (χ0) is 25.2. The van der Waals surface area contributed by atoms with E-state index < -0.39 is 34.9 Å². The van der Waals surface area contributed by atoms with E-state index in [1.54, 1.807) is 12.1 Å². The van der Waals surface area contributed by atoms with Crippen molar-refractivity contribution in [3.8, 4) is 0 Å². The molecule has 7 nitrogen and oxygen atoms in total. The minimum absolute atomic E-state index is 0.0764. The molecule has 0 amide bonds. The Hall–Kier alpha value is -0.960. The van der Waals surface area contributed by atoms with E-state index in [1.807, 2.05) is 13.8 Å². The molecule has 0 radical (unpaired) electrons. The van der Waals surface area contributed by atoms with Gasteiger partial charge in [0, 0.05) is 13.2 Å². The molecule has 1 aliphatic rings. The predicted octanol–water partition coefficient (Wildman–Crippen LogP) is 4.31. The fraction of sp³-hybridized carbons (Fsp3) is 0.852. The Bertz CT molecular complexity index is 681. The van der Waals surface area contributed by atoms with Crippen molar-refractivity contribution in [2.75, 3.05) is 19.8 Å². The summed E-state index contributed by atoms with van der Waals surface area (Å²) in [7, 11) is 0. The van der Waals surface area contributed by atoms with Gasteiger partial charge in [0.1, 0.15) is 28.7 Å². The SMILES string of the molecule is CCCCOC[C@@H](OCCCC)[C@]1(O)C(c2ccco2)[C@](O)(C(O)CCCC)[C@]1(O)CCCC. The van der Waals surface area contributed by atoms with Crippen molar-refractivity contribution in [3.05, 3.63) is 24.2 Å². The summed E-state index contributed by atoms with van der Waals surface area (Å²) in [6.45, 7) is 9.11. The van der Waals surface area contributed by atoms with Crippen LogP contribution in [0.2, 0.25) is 0 Å². The number of hydrogen-bond acceptors (Lipinski definition) is 7. The second kappa shape index (κ2) is 13.4. The van der Waals surface area contributed by atoms with E-state index in [9.17, 15) is 20.4 Å². The maximum Gasteiger partial charge on any atom is 0.137 e.